The molecule has 1 aromatic rings. The second-order valence-corrected chi connectivity index (χ2v) is 8.69. The van der Waals surface area contributed by atoms with E-state index in [1.54, 1.807) is 6.07 Å². The molecule has 6 heteroatoms. The maximum absolute atomic E-state index is 13.6. The van der Waals surface area contributed by atoms with Crippen molar-refractivity contribution in [2.75, 3.05) is 18.4 Å². The lowest BCUT2D eigenvalue weighted by molar-refractivity contribution is -0.132. The van der Waals surface area contributed by atoms with Crippen molar-refractivity contribution < 1.29 is 14.0 Å². The Kier molecular flexibility index (Phi) is 5.56. The molecule has 2 bridgehead atoms. The van der Waals surface area contributed by atoms with Crippen molar-refractivity contribution >= 4 is 17.6 Å². The van der Waals surface area contributed by atoms with E-state index in [0.717, 1.165) is 12.0 Å². The van der Waals surface area contributed by atoms with Crippen LogP contribution < -0.4 is 5.32 Å². The fraction of sp³-hybridized carbons (Fsp3) is 0.360. The number of nitrogens with zero attached hydrogens (tertiary/aromatic N) is 2. The maximum atomic E-state index is 13.6. The van der Waals surface area contributed by atoms with Gasteiger partial charge in [-0.1, -0.05) is 45.2 Å². The lowest BCUT2D eigenvalue weighted by Crippen LogP contribution is -2.47. The van der Waals surface area contributed by atoms with Crippen LogP contribution in [0.25, 0.3) is 0 Å². The molecular formula is C25H28FN3O2. The highest BCUT2D eigenvalue weighted by atomic mass is 19.1. The lowest BCUT2D eigenvalue weighted by atomic mass is 9.87. The number of likely N-dealkylation sites (tertiary alicyclic amines) is 1. The van der Waals surface area contributed by atoms with Gasteiger partial charge < -0.3 is 15.1 Å². The number of nitrogens with one attached hydrogen (secondary N) is 1. The minimum absolute atomic E-state index is 0.0256. The molecule has 0 radical (unpaired) electrons. The molecule has 1 saturated heterocycles. The minimum atomic E-state index is -0.359. The first kappa shape index (κ1) is 21.1. The first-order valence-corrected chi connectivity index (χ1v) is 10.7. The molecule has 2 heterocycles. The Morgan fingerprint density at radius 3 is 2.71 bits per heavy atom. The van der Waals surface area contributed by atoms with Gasteiger partial charge in [-0.05, 0) is 52.8 Å². The topological polar surface area (TPSA) is 52.7 Å². The second kappa shape index (κ2) is 8.17. The van der Waals surface area contributed by atoms with Crippen molar-refractivity contribution in [2.24, 2.45) is 11.8 Å². The molecule has 0 aromatic heterocycles. The zero-order valence-electron chi connectivity index (χ0n) is 18.0. The molecule has 1 aromatic carbocycles. The molecule has 1 fully saturated rings. The van der Waals surface area contributed by atoms with E-state index in [-0.39, 0.29) is 42.8 Å². The monoisotopic (exact) mass is 421 g/mol. The molecule has 5 nitrogen and oxygen atoms in total. The highest BCUT2D eigenvalue weighted by Crippen LogP contribution is 2.42. The highest BCUT2D eigenvalue weighted by Gasteiger charge is 2.42. The molecule has 2 atom stereocenters. The van der Waals surface area contributed by atoms with Gasteiger partial charge in [-0.3, -0.25) is 4.79 Å². The van der Waals surface area contributed by atoms with Crippen LogP contribution in [-0.4, -0.2) is 40.9 Å². The Bertz CT molecular complexity index is 1020. The van der Waals surface area contributed by atoms with Crippen molar-refractivity contribution in [3.05, 3.63) is 77.7 Å². The Hall–Kier alpha value is -3.15. The van der Waals surface area contributed by atoms with E-state index in [9.17, 15) is 14.0 Å². The molecule has 1 N–H and O–H groups in total. The van der Waals surface area contributed by atoms with Crippen LogP contribution in [0.5, 0.6) is 0 Å². The molecule has 2 unspecified atom stereocenters. The van der Waals surface area contributed by atoms with Gasteiger partial charge in [0, 0.05) is 18.2 Å². The number of fused-ring (bicyclic) bond motifs is 3. The number of allylic oxidation sites excluding steroid dienone is 4. The van der Waals surface area contributed by atoms with Crippen LogP contribution in [0.2, 0.25) is 0 Å². The van der Waals surface area contributed by atoms with Gasteiger partial charge in [0.25, 0.3) is 0 Å². The van der Waals surface area contributed by atoms with Gasteiger partial charge in [0.15, 0.2) is 0 Å². The van der Waals surface area contributed by atoms with Crippen molar-refractivity contribution in [3.8, 4) is 0 Å². The van der Waals surface area contributed by atoms with E-state index in [4.69, 9.17) is 0 Å². The summed E-state index contributed by atoms with van der Waals surface area (Å²) in [5, 5.41) is 2.74. The van der Waals surface area contributed by atoms with Gasteiger partial charge in [-0.15, -0.1) is 0 Å². The summed E-state index contributed by atoms with van der Waals surface area (Å²) in [6, 6.07) is 3.95. The third-order valence-corrected chi connectivity index (χ3v) is 6.43. The van der Waals surface area contributed by atoms with E-state index < -0.39 is 0 Å². The molecule has 4 rings (SSSR count). The van der Waals surface area contributed by atoms with Gasteiger partial charge in [0.1, 0.15) is 12.4 Å². The summed E-state index contributed by atoms with van der Waals surface area (Å²) in [6.45, 7) is 13.1. The second-order valence-electron chi connectivity index (χ2n) is 8.69. The summed E-state index contributed by atoms with van der Waals surface area (Å²) in [4.78, 5) is 28.7. The molecule has 3 aliphatic rings. The summed E-state index contributed by atoms with van der Waals surface area (Å²) in [5.74, 6) is 0.158. The molecule has 1 aliphatic carbocycles. The van der Waals surface area contributed by atoms with Gasteiger partial charge in [-0.25, -0.2) is 9.18 Å². The van der Waals surface area contributed by atoms with Gasteiger partial charge in [0.05, 0.1) is 12.6 Å². The average Bonchev–Trinajstić information content (AvgIpc) is 3.33. The predicted octanol–water partition coefficient (Wildman–Crippen LogP) is 4.65. The normalized spacial score (nSPS) is 22.7. The van der Waals surface area contributed by atoms with Crippen LogP contribution in [0.4, 0.5) is 14.9 Å². The van der Waals surface area contributed by atoms with Gasteiger partial charge >= 0.3 is 6.03 Å². The quantitative estimate of drug-likeness (QED) is 0.680. The van der Waals surface area contributed by atoms with Crippen molar-refractivity contribution in [3.63, 3.8) is 0 Å². The third kappa shape index (κ3) is 3.82. The predicted molar refractivity (Wildman–Crippen MR) is 120 cm³/mol. The molecule has 31 heavy (non-hydrogen) atoms. The molecule has 162 valence electrons. The minimum Gasteiger partial charge on any atom is -0.334 e. The van der Waals surface area contributed by atoms with Crippen LogP contribution in [0.3, 0.4) is 0 Å². The smallest absolute Gasteiger partial charge is 0.322 e. The first-order chi connectivity index (χ1) is 14.8. The highest BCUT2D eigenvalue weighted by molar-refractivity contribution is 5.95. The number of hydrogen-bond donors (Lipinski definition) is 1. The summed E-state index contributed by atoms with van der Waals surface area (Å²) >= 11 is 0. The number of halogens is 1. The van der Waals surface area contributed by atoms with Crippen molar-refractivity contribution in [1.82, 2.24) is 9.80 Å². The van der Waals surface area contributed by atoms with E-state index in [0.29, 0.717) is 23.7 Å². The first-order valence-electron chi connectivity index (χ1n) is 10.7. The Morgan fingerprint density at radius 1 is 1.32 bits per heavy atom. The zero-order chi connectivity index (χ0) is 22.3. The number of rotatable bonds is 6. The molecule has 0 saturated carbocycles. The van der Waals surface area contributed by atoms with E-state index in [1.165, 1.54) is 28.2 Å². The van der Waals surface area contributed by atoms with Crippen LogP contribution >= 0.6 is 0 Å². The van der Waals surface area contributed by atoms with E-state index >= 15 is 0 Å². The fourth-order valence-corrected chi connectivity index (χ4v) is 4.92. The number of anilines is 1. The molecular weight excluding hydrogens is 393 g/mol. The number of benzene rings is 1. The molecule has 2 aliphatic heterocycles. The SMILES string of the molecule is C=C/C(C1=CC2CC1CN2C(=O)CN1Cc2cc(F)ccc2NC1=O)=C(\C=C)C(C)C. The number of carbonyl (C=O) groups excluding carboxylic acids is 2. The van der Waals surface area contributed by atoms with Crippen molar-refractivity contribution in [2.45, 2.75) is 32.9 Å². The lowest BCUT2D eigenvalue weighted by Gasteiger charge is -2.32. The standard InChI is InChI=1S/C25H28FN3O2/c1-5-20(15(3)4)21(6-2)22-11-19-10-16(22)13-29(19)24(30)14-28-12-17-9-18(26)7-8-23(17)27-25(28)31/h5-9,11,15-16,19H,1-2,10,12-14H2,3-4H3,(H,27,31)/b21-20-. The Labute approximate surface area is 182 Å². The zero-order valence-corrected chi connectivity index (χ0v) is 18.0. The summed E-state index contributed by atoms with van der Waals surface area (Å²) in [6.07, 6.45) is 6.84. The van der Waals surface area contributed by atoms with Crippen molar-refractivity contribution in [1.29, 1.82) is 0 Å². The summed E-state index contributed by atoms with van der Waals surface area (Å²) in [5.41, 5.74) is 4.80. The summed E-state index contributed by atoms with van der Waals surface area (Å²) < 4.78 is 13.6. The largest absolute Gasteiger partial charge is 0.334 e. The Balaban J connectivity index is 1.48. The molecule has 3 amide bonds. The van der Waals surface area contributed by atoms with Gasteiger partial charge in [-0.2, -0.15) is 0 Å². The van der Waals surface area contributed by atoms with Crippen LogP contribution in [0, 0.1) is 17.7 Å². The Morgan fingerprint density at radius 2 is 2.10 bits per heavy atom. The number of hydrogen-bond acceptors (Lipinski definition) is 2. The average molecular weight is 422 g/mol. The van der Waals surface area contributed by atoms with Crippen LogP contribution in [0.15, 0.2) is 66.3 Å². The number of amides is 3. The summed E-state index contributed by atoms with van der Waals surface area (Å²) in [7, 11) is 0. The number of urea groups is 1. The molecule has 0 spiro atoms. The third-order valence-electron chi connectivity index (χ3n) is 6.43. The van der Waals surface area contributed by atoms with Gasteiger partial charge in [0.2, 0.25) is 5.91 Å². The maximum Gasteiger partial charge on any atom is 0.322 e. The fourth-order valence-electron chi connectivity index (χ4n) is 4.92. The van der Waals surface area contributed by atoms with Crippen LogP contribution in [0.1, 0.15) is 25.8 Å². The van der Waals surface area contributed by atoms with E-state index in [1.807, 2.05) is 17.1 Å². The number of carbonyl (C=O) groups is 2. The van der Waals surface area contributed by atoms with E-state index in [2.05, 4.69) is 38.4 Å². The van der Waals surface area contributed by atoms with Crippen LogP contribution in [-0.2, 0) is 11.3 Å².